The van der Waals surface area contributed by atoms with Crippen molar-refractivity contribution in [3.8, 4) is 0 Å². The SMILES string of the molecule is CN(C(N)=NCCCSc1ccc(F)cc1)C1CC1. The minimum Gasteiger partial charge on any atom is -0.370 e. The van der Waals surface area contributed by atoms with Gasteiger partial charge in [0.1, 0.15) is 5.82 Å². The van der Waals surface area contributed by atoms with Gasteiger partial charge in [0.05, 0.1) is 0 Å². The van der Waals surface area contributed by atoms with Crippen LogP contribution in [0.3, 0.4) is 0 Å². The van der Waals surface area contributed by atoms with Crippen molar-refractivity contribution in [1.29, 1.82) is 0 Å². The Morgan fingerprint density at radius 3 is 2.74 bits per heavy atom. The van der Waals surface area contributed by atoms with Crippen molar-refractivity contribution in [2.24, 2.45) is 10.7 Å². The van der Waals surface area contributed by atoms with Crippen molar-refractivity contribution >= 4 is 17.7 Å². The molecular formula is C14H20FN3S. The lowest BCUT2D eigenvalue weighted by Gasteiger charge is -2.16. The first-order chi connectivity index (χ1) is 9.16. The second kappa shape index (κ2) is 6.80. The Morgan fingerprint density at radius 2 is 2.11 bits per heavy atom. The molecule has 1 aliphatic carbocycles. The third kappa shape index (κ3) is 4.74. The molecule has 1 aromatic carbocycles. The zero-order valence-electron chi connectivity index (χ0n) is 11.2. The van der Waals surface area contributed by atoms with Gasteiger partial charge in [-0.3, -0.25) is 4.99 Å². The molecule has 0 heterocycles. The van der Waals surface area contributed by atoms with Gasteiger partial charge in [-0.2, -0.15) is 0 Å². The van der Waals surface area contributed by atoms with Gasteiger partial charge in [0.25, 0.3) is 0 Å². The van der Waals surface area contributed by atoms with E-state index in [0.717, 1.165) is 23.6 Å². The molecule has 1 aromatic rings. The van der Waals surface area contributed by atoms with E-state index < -0.39 is 0 Å². The van der Waals surface area contributed by atoms with Crippen LogP contribution in [0.15, 0.2) is 34.2 Å². The Bertz CT molecular complexity index is 429. The largest absolute Gasteiger partial charge is 0.370 e. The van der Waals surface area contributed by atoms with Crippen LogP contribution in [0.25, 0.3) is 0 Å². The van der Waals surface area contributed by atoms with Crippen molar-refractivity contribution in [2.45, 2.75) is 30.2 Å². The number of hydrogen-bond donors (Lipinski definition) is 1. The van der Waals surface area contributed by atoms with Crippen LogP contribution < -0.4 is 5.73 Å². The molecule has 0 amide bonds. The summed E-state index contributed by atoms with van der Waals surface area (Å²) in [6.45, 7) is 0.747. The fourth-order valence-corrected chi connectivity index (χ4v) is 2.58. The normalized spacial score (nSPS) is 15.6. The molecule has 1 fully saturated rings. The molecule has 0 saturated heterocycles. The number of guanidine groups is 1. The van der Waals surface area contributed by atoms with Crippen LogP contribution in [0.2, 0.25) is 0 Å². The third-order valence-electron chi connectivity index (χ3n) is 3.11. The average molecular weight is 281 g/mol. The standard InChI is InChI=1S/C14H20FN3S/c1-18(12-5-6-12)14(16)17-9-2-10-19-13-7-3-11(15)4-8-13/h3-4,7-8,12H,2,5-6,9-10H2,1H3,(H2,16,17). The molecule has 2 N–H and O–H groups in total. The molecule has 2 rings (SSSR count). The summed E-state index contributed by atoms with van der Waals surface area (Å²) in [6.07, 6.45) is 3.43. The van der Waals surface area contributed by atoms with Crippen molar-refractivity contribution in [3.63, 3.8) is 0 Å². The molecular weight excluding hydrogens is 261 g/mol. The smallest absolute Gasteiger partial charge is 0.191 e. The molecule has 0 radical (unpaired) electrons. The van der Waals surface area contributed by atoms with Gasteiger partial charge in [-0.1, -0.05) is 0 Å². The average Bonchev–Trinajstić information content (AvgIpc) is 3.24. The van der Waals surface area contributed by atoms with Gasteiger partial charge in [-0.15, -0.1) is 11.8 Å². The van der Waals surface area contributed by atoms with Crippen molar-refractivity contribution in [3.05, 3.63) is 30.1 Å². The number of hydrogen-bond acceptors (Lipinski definition) is 2. The van der Waals surface area contributed by atoms with Crippen LogP contribution in [0.4, 0.5) is 4.39 Å². The third-order valence-corrected chi connectivity index (χ3v) is 4.21. The van der Waals surface area contributed by atoms with Gasteiger partial charge in [0.2, 0.25) is 0 Å². The summed E-state index contributed by atoms with van der Waals surface area (Å²) in [6, 6.07) is 7.20. The molecule has 0 aromatic heterocycles. The van der Waals surface area contributed by atoms with Gasteiger partial charge in [-0.05, 0) is 49.3 Å². The van der Waals surface area contributed by atoms with E-state index in [1.807, 2.05) is 7.05 Å². The first-order valence-electron chi connectivity index (χ1n) is 6.58. The second-order valence-corrected chi connectivity index (χ2v) is 5.91. The van der Waals surface area contributed by atoms with Crippen molar-refractivity contribution in [2.75, 3.05) is 19.3 Å². The van der Waals surface area contributed by atoms with Crippen LogP contribution in [-0.4, -0.2) is 36.2 Å². The van der Waals surface area contributed by atoms with Crippen molar-refractivity contribution in [1.82, 2.24) is 4.90 Å². The molecule has 1 aliphatic rings. The molecule has 0 aliphatic heterocycles. The number of nitrogens with zero attached hydrogens (tertiary/aromatic N) is 2. The Balaban J connectivity index is 1.63. The number of aliphatic imine (C=N–C) groups is 1. The first-order valence-corrected chi connectivity index (χ1v) is 7.56. The van der Waals surface area contributed by atoms with Crippen LogP contribution in [-0.2, 0) is 0 Å². The molecule has 0 atom stereocenters. The maximum atomic E-state index is 12.7. The van der Waals surface area contributed by atoms with Crippen LogP contribution in [0.1, 0.15) is 19.3 Å². The van der Waals surface area contributed by atoms with E-state index in [4.69, 9.17) is 5.73 Å². The van der Waals surface area contributed by atoms with Gasteiger partial charge in [-0.25, -0.2) is 4.39 Å². The molecule has 0 spiro atoms. The highest BCUT2D eigenvalue weighted by Gasteiger charge is 2.27. The molecule has 104 valence electrons. The zero-order chi connectivity index (χ0) is 13.7. The maximum Gasteiger partial charge on any atom is 0.191 e. The number of nitrogens with two attached hydrogens (primary N) is 1. The lowest BCUT2D eigenvalue weighted by molar-refractivity contribution is 0.487. The Hall–Kier alpha value is -1.23. The second-order valence-electron chi connectivity index (χ2n) is 4.74. The number of benzene rings is 1. The van der Waals surface area contributed by atoms with E-state index in [9.17, 15) is 4.39 Å². The quantitative estimate of drug-likeness (QED) is 0.377. The zero-order valence-corrected chi connectivity index (χ0v) is 12.0. The van der Waals surface area contributed by atoms with E-state index in [-0.39, 0.29) is 5.82 Å². The summed E-state index contributed by atoms with van der Waals surface area (Å²) in [5, 5.41) is 0. The van der Waals surface area contributed by atoms with Gasteiger partial charge in [0.15, 0.2) is 5.96 Å². The van der Waals surface area contributed by atoms with Gasteiger partial charge in [0, 0.05) is 24.5 Å². The summed E-state index contributed by atoms with van der Waals surface area (Å²) >= 11 is 1.72. The molecule has 3 nitrogen and oxygen atoms in total. The summed E-state index contributed by atoms with van der Waals surface area (Å²) in [5.74, 6) is 1.43. The van der Waals surface area contributed by atoms with Gasteiger partial charge >= 0.3 is 0 Å². The Labute approximate surface area is 118 Å². The molecule has 19 heavy (non-hydrogen) atoms. The summed E-state index contributed by atoms with van der Waals surface area (Å²) in [7, 11) is 2.00. The lowest BCUT2D eigenvalue weighted by Crippen LogP contribution is -2.35. The summed E-state index contributed by atoms with van der Waals surface area (Å²) in [5.41, 5.74) is 5.90. The Kier molecular flexibility index (Phi) is 5.07. The van der Waals surface area contributed by atoms with Crippen LogP contribution in [0, 0.1) is 5.82 Å². The number of halogens is 1. The van der Waals surface area contributed by atoms with E-state index in [0.29, 0.717) is 12.0 Å². The highest BCUT2D eigenvalue weighted by molar-refractivity contribution is 7.99. The first kappa shape index (κ1) is 14.2. The number of rotatable bonds is 6. The van der Waals surface area contributed by atoms with Crippen LogP contribution in [0.5, 0.6) is 0 Å². The fourth-order valence-electron chi connectivity index (χ4n) is 1.74. The Morgan fingerprint density at radius 1 is 1.42 bits per heavy atom. The minimum absolute atomic E-state index is 0.190. The predicted molar refractivity (Wildman–Crippen MR) is 79.0 cm³/mol. The van der Waals surface area contributed by atoms with Crippen LogP contribution >= 0.6 is 11.8 Å². The van der Waals surface area contributed by atoms with E-state index in [2.05, 4.69) is 9.89 Å². The van der Waals surface area contributed by atoms with Crippen molar-refractivity contribution < 1.29 is 4.39 Å². The van der Waals surface area contributed by atoms with E-state index >= 15 is 0 Å². The topological polar surface area (TPSA) is 41.6 Å². The lowest BCUT2D eigenvalue weighted by atomic mass is 10.4. The maximum absolute atomic E-state index is 12.7. The van der Waals surface area contributed by atoms with E-state index in [1.54, 1.807) is 23.9 Å². The highest BCUT2D eigenvalue weighted by Crippen LogP contribution is 2.24. The number of thioether (sulfide) groups is 1. The molecule has 0 bridgehead atoms. The summed E-state index contributed by atoms with van der Waals surface area (Å²) < 4.78 is 12.7. The predicted octanol–water partition coefficient (Wildman–Crippen LogP) is 2.72. The summed E-state index contributed by atoms with van der Waals surface area (Å²) in [4.78, 5) is 7.53. The van der Waals surface area contributed by atoms with E-state index in [1.165, 1.54) is 25.0 Å². The minimum atomic E-state index is -0.190. The highest BCUT2D eigenvalue weighted by atomic mass is 32.2. The molecule has 0 unspecified atom stereocenters. The molecule has 1 saturated carbocycles. The molecule has 5 heteroatoms. The fraction of sp³-hybridized carbons (Fsp3) is 0.500. The monoisotopic (exact) mass is 281 g/mol. The van der Waals surface area contributed by atoms with Gasteiger partial charge < -0.3 is 10.6 Å².